The molecule has 2 heterocycles. The first-order valence-corrected chi connectivity index (χ1v) is 5.34. The first-order valence-electron chi connectivity index (χ1n) is 4.55. The molecule has 16 heavy (non-hydrogen) atoms. The molecule has 0 saturated heterocycles. The standard InChI is InChI=1S/C10H8BrN3O2/c11-8-6-14(10(16)13-9(8)15)5-7-2-1-3-12-4-7/h1-4,6H,5H2,(H,13,15,16). The van der Waals surface area contributed by atoms with Crippen molar-refractivity contribution in [1.29, 1.82) is 0 Å². The number of nitrogens with one attached hydrogen (secondary N) is 1. The van der Waals surface area contributed by atoms with Gasteiger partial charge in [0, 0.05) is 18.6 Å². The van der Waals surface area contributed by atoms with Gasteiger partial charge in [-0.3, -0.25) is 19.3 Å². The van der Waals surface area contributed by atoms with Crippen molar-refractivity contribution in [3.63, 3.8) is 0 Å². The van der Waals surface area contributed by atoms with E-state index < -0.39 is 11.2 Å². The average Bonchev–Trinajstić information content (AvgIpc) is 2.27. The van der Waals surface area contributed by atoms with Crippen molar-refractivity contribution in [2.24, 2.45) is 0 Å². The number of halogens is 1. The third-order valence-electron chi connectivity index (χ3n) is 2.04. The molecule has 2 aromatic heterocycles. The van der Waals surface area contributed by atoms with Crippen molar-refractivity contribution >= 4 is 15.9 Å². The van der Waals surface area contributed by atoms with Crippen LogP contribution in [0.5, 0.6) is 0 Å². The SMILES string of the molecule is O=c1[nH]c(=O)n(Cc2cccnc2)cc1Br. The Morgan fingerprint density at radius 2 is 2.25 bits per heavy atom. The number of nitrogens with zero attached hydrogens (tertiary/aromatic N) is 2. The molecule has 82 valence electrons. The zero-order chi connectivity index (χ0) is 11.5. The van der Waals surface area contributed by atoms with E-state index in [2.05, 4.69) is 25.9 Å². The molecule has 0 spiro atoms. The topological polar surface area (TPSA) is 67.8 Å². The number of hydrogen-bond donors (Lipinski definition) is 1. The number of aromatic nitrogens is 3. The summed E-state index contributed by atoms with van der Waals surface area (Å²) < 4.78 is 1.73. The summed E-state index contributed by atoms with van der Waals surface area (Å²) in [7, 11) is 0. The van der Waals surface area contributed by atoms with Crippen LogP contribution in [-0.2, 0) is 6.54 Å². The summed E-state index contributed by atoms with van der Waals surface area (Å²) in [5, 5.41) is 0. The van der Waals surface area contributed by atoms with Crippen LogP contribution in [0.1, 0.15) is 5.56 Å². The molecule has 6 heteroatoms. The Kier molecular flexibility index (Phi) is 3.00. The van der Waals surface area contributed by atoms with E-state index in [0.29, 0.717) is 11.0 Å². The van der Waals surface area contributed by atoms with Gasteiger partial charge in [0.25, 0.3) is 5.56 Å². The number of hydrogen-bond acceptors (Lipinski definition) is 3. The van der Waals surface area contributed by atoms with Crippen LogP contribution in [0.15, 0.2) is 44.8 Å². The van der Waals surface area contributed by atoms with Gasteiger partial charge in [0.2, 0.25) is 0 Å². The lowest BCUT2D eigenvalue weighted by Gasteiger charge is -2.04. The van der Waals surface area contributed by atoms with Crippen LogP contribution in [0.2, 0.25) is 0 Å². The van der Waals surface area contributed by atoms with Crippen molar-refractivity contribution in [1.82, 2.24) is 14.5 Å². The maximum absolute atomic E-state index is 11.5. The molecule has 0 unspecified atom stereocenters. The fourth-order valence-electron chi connectivity index (χ4n) is 1.29. The van der Waals surface area contributed by atoms with Crippen LogP contribution < -0.4 is 11.2 Å². The highest BCUT2D eigenvalue weighted by Gasteiger charge is 2.02. The van der Waals surface area contributed by atoms with Gasteiger partial charge in [-0.15, -0.1) is 0 Å². The Balaban J connectivity index is 2.40. The lowest BCUT2D eigenvalue weighted by molar-refractivity contribution is 0.714. The molecule has 2 aromatic rings. The monoisotopic (exact) mass is 281 g/mol. The molecule has 0 aromatic carbocycles. The number of rotatable bonds is 2. The van der Waals surface area contributed by atoms with Gasteiger partial charge in [0.1, 0.15) is 0 Å². The summed E-state index contributed by atoms with van der Waals surface area (Å²) in [4.78, 5) is 28.7. The van der Waals surface area contributed by atoms with Crippen molar-refractivity contribution in [3.05, 3.63) is 61.6 Å². The fourth-order valence-corrected chi connectivity index (χ4v) is 1.63. The lowest BCUT2D eigenvalue weighted by Crippen LogP contribution is -2.30. The van der Waals surface area contributed by atoms with Crippen molar-refractivity contribution in [2.45, 2.75) is 6.54 Å². The number of aromatic amines is 1. The maximum atomic E-state index is 11.5. The Hall–Kier alpha value is -1.69. The molecule has 2 rings (SSSR count). The molecule has 0 saturated carbocycles. The minimum Gasteiger partial charge on any atom is -0.295 e. The summed E-state index contributed by atoms with van der Waals surface area (Å²) >= 11 is 3.07. The molecule has 1 N–H and O–H groups in total. The van der Waals surface area contributed by atoms with Gasteiger partial charge in [0.15, 0.2) is 0 Å². The smallest absolute Gasteiger partial charge is 0.295 e. The van der Waals surface area contributed by atoms with E-state index in [0.717, 1.165) is 5.56 Å². The van der Waals surface area contributed by atoms with E-state index in [9.17, 15) is 9.59 Å². The molecule has 0 amide bonds. The van der Waals surface area contributed by atoms with Crippen molar-refractivity contribution < 1.29 is 0 Å². The Bertz CT molecular complexity index is 603. The normalized spacial score (nSPS) is 10.3. The van der Waals surface area contributed by atoms with E-state index in [4.69, 9.17) is 0 Å². The van der Waals surface area contributed by atoms with E-state index in [-0.39, 0.29) is 0 Å². The molecule has 0 radical (unpaired) electrons. The molecule has 0 fully saturated rings. The van der Waals surface area contributed by atoms with Gasteiger partial charge >= 0.3 is 5.69 Å². The predicted octanol–water partition coefficient (Wildman–Crippen LogP) is 0.742. The summed E-state index contributed by atoms with van der Waals surface area (Å²) in [6.07, 6.45) is 4.80. The van der Waals surface area contributed by atoms with Crippen molar-refractivity contribution in [2.75, 3.05) is 0 Å². The second-order valence-corrected chi connectivity index (χ2v) is 4.08. The van der Waals surface area contributed by atoms with Crippen LogP contribution in [0, 0.1) is 0 Å². The van der Waals surface area contributed by atoms with Crippen LogP contribution in [-0.4, -0.2) is 14.5 Å². The van der Waals surface area contributed by atoms with Crippen LogP contribution in [0.3, 0.4) is 0 Å². The van der Waals surface area contributed by atoms with Gasteiger partial charge in [-0.25, -0.2) is 4.79 Å². The van der Waals surface area contributed by atoms with Crippen molar-refractivity contribution in [3.8, 4) is 0 Å². The van der Waals surface area contributed by atoms with E-state index >= 15 is 0 Å². The van der Waals surface area contributed by atoms with Crippen LogP contribution >= 0.6 is 15.9 Å². The van der Waals surface area contributed by atoms with E-state index in [1.54, 1.807) is 18.5 Å². The minimum atomic E-state index is -0.433. The average molecular weight is 282 g/mol. The maximum Gasteiger partial charge on any atom is 0.328 e. The van der Waals surface area contributed by atoms with Gasteiger partial charge in [-0.05, 0) is 27.6 Å². The van der Waals surface area contributed by atoms with Gasteiger partial charge in [-0.2, -0.15) is 0 Å². The third-order valence-corrected chi connectivity index (χ3v) is 2.61. The van der Waals surface area contributed by atoms with Gasteiger partial charge in [-0.1, -0.05) is 6.07 Å². The van der Waals surface area contributed by atoms with Gasteiger partial charge < -0.3 is 0 Å². The van der Waals surface area contributed by atoms with E-state index in [1.165, 1.54) is 10.8 Å². The molecule has 0 aliphatic heterocycles. The quantitative estimate of drug-likeness (QED) is 0.883. The highest BCUT2D eigenvalue weighted by Crippen LogP contribution is 2.01. The summed E-state index contributed by atoms with van der Waals surface area (Å²) in [5.41, 5.74) is 0.0352. The molecular weight excluding hydrogens is 274 g/mol. The minimum absolute atomic E-state index is 0.330. The number of pyridine rings is 1. The Labute approximate surface area is 98.9 Å². The highest BCUT2D eigenvalue weighted by molar-refractivity contribution is 9.10. The highest BCUT2D eigenvalue weighted by atomic mass is 79.9. The molecule has 5 nitrogen and oxygen atoms in total. The van der Waals surface area contributed by atoms with E-state index in [1.807, 2.05) is 6.07 Å². The molecule has 0 atom stereocenters. The predicted molar refractivity (Wildman–Crippen MR) is 62.4 cm³/mol. The van der Waals surface area contributed by atoms with Crippen LogP contribution in [0.4, 0.5) is 0 Å². The zero-order valence-corrected chi connectivity index (χ0v) is 9.77. The zero-order valence-electron chi connectivity index (χ0n) is 8.18. The molecular formula is C10H8BrN3O2. The third kappa shape index (κ3) is 2.27. The lowest BCUT2D eigenvalue weighted by atomic mass is 10.3. The largest absolute Gasteiger partial charge is 0.328 e. The summed E-state index contributed by atoms with van der Waals surface area (Å²) in [6.45, 7) is 0.377. The van der Waals surface area contributed by atoms with Gasteiger partial charge in [0.05, 0.1) is 11.0 Å². The molecule has 0 bridgehead atoms. The molecule has 0 aliphatic rings. The Morgan fingerprint density at radius 1 is 1.44 bits per heavy atom. The second-order valence-electron chi connectivity index (χ2n) is 3.23. The summed E-state index contributed by atoms with van der Waals surface area (Å²) in [5.74, 6) is 0. The second kappa shape index (κ2) is 4.44. The first-order chi connectivity index (χ1) is 7.66. The summed E-state index contributed by atoms with van der Waals surface area (Å²) in [6, 6.07) is 3.65. The van der Waals surface area contributed by atoms with Crippen LogP contribution in [0.25, 0.3) is 0 Å². The fraction of sp³-hybridized carbons (Fsp3) is 0.100. The first kappa shape index (κ1) is 10.8. The number of H-pyrrole nitrogens is 1. The Morgan fingerprint density at radius 3 is 2.94 bits per heavy atom. The molecule has 0 aliphatic carbocycles.